The number of hydrogen-bond acceptors (Lipinski definition) is 1. The molecule has 1 aliphatic carbocycles. The van der Waals surface area contributed by atoms with Crippen LogP contribution in [-0.2, 0) is 11.2 Å². The summed E-state index contributed by atoms with van der Waals surface area (Å²) in [6.45, 7) is 0. The Kier molecular flexibility index (Phi) is 2.39. The quantitative estimate of drug-likeness (QED) is 0.643. The number of amides is 1. The minimum absolute atomic E-state index is 0.412. The normalized spacial score (nSPS) is 11.3. The summed E-state index contributed by atoms with van der Waals surface area (Å²) in [4.78, 5) is 11.2. The molecule has 2 nitrogen and oxygen atoms in total. The third-order valence-electron chi connectivity index (χ3n) is 3.18. The fraction of sp³-hybridized carbons (Fsp3) is 0.0625. The first-order valence-electron chi connectivity index (χ1n) is 5.77. The van der Waals surface area contributed by atoms with Crippen LogP contribution in [0.25, 0.3) is 11.1 Å². The largest absolute Gasteiger partial charge is 0.315 e. The summed E-state index contributed by atoms with van der Waals surface area (Å²) in [5.41, 5.74) is 5.83. The van der Waals surface area contributed by atoms with Gasteiger partial charge in [-0.1, -0.05) is 30.3 Å². The highest BCUT2D eigenvalue weighted by molar-refractivity contribution is 6.03. The fourth-order valence-electron chi connectivity index (χ4n) is 2.39. The summed E-state index contributed by atoms with van der Waals surface area (Å²) >= 11 is 0. The van der Waals surface area contributed by atoms with Crippen LogP contribution in [0.2, 0.25) is 0 Å². The van der Waals surface area contributed by atoms with Gasteiger partial charge in [-0.05, 0) is 46.7 Å². The summed E-state index contributed by atoms with van der Waals surface area (Å²) in [7, 11) is 0. The summed E-state index contributed by atoms with van der Waals surface area (Å²) < 4.78 is 0. The molecular formula is C16H11NO. The van der Waals surface area contributed by atoms with E-state index >= 15 is 0 Å². The van der Waals surface area contributed by atoms with Crippen LogP contribution in [-0.4, -0.2) is 5.91 Å². The van der Waals surface area contributed by atoms with Crippen LogP contribution < -0.4 is 5.32 Å². The van der Waals surface area contributed by atoms with E-state index in [9.17, 15) is 4.79 Å². The zero-order valence-electron chi connectivity index (χ0n) is 9.73. The van der Waals surface area contributed by atoms with Crippen molar-refractivity contribution in [2.75, 3.05) is 5.32 Å². The van der Waals surface area contributed by atoms with Crippen molar-refractivity contribution in [1.82, 2.24) is 0 Å². The Morgan fingerprint density at radius 3 is 2.72 bits per heavy atom. The minimum Gasteiger partial charge on any atom is -0.315 e. The van der Waals surface area contributed by atoms with E-state index in [1.54, 1.807) is 0 Å². The molecule has 0 bridgehead atoms. The van der Waals surface area contributed by atoms with Gasteiger partial charge in [-0.2, -0.15) is 0 Å². The maximum absolute atomic E-state index is 11.2. The third kappa shape index (κ3) is 1.66. The topological polar surface area (TPSA) is 29.1 Å². The second-order valence-electron chi connectivity index (χ2n) is 4.30. The first kappa shape index (κ1) is 10.6. The molecule has 0 aliphatic heterocycles. The van der Waals surface area contributed by atoms with E-state index in [0.717, 1.165) is 12.1 Å². The maximum atomic E-state index is 11.2. The number of carbonyl (C=O) groups excluding carboxylic acids is 1. The van der Waals surface area contributed by atoms with Gasteiger partial charge in [-0.3, -0.25) is 4.79 Å². The Morgan fingerprint density at radius 2 is 1.89 bits per heavy atom. The minimum atomic E-state index is -0.412. The molecule has 2 heteroatoms. The number of terminal acetylenes is 1. The predicted octanol–water partition coefficient (Wildman–Crippen LogP) is 2.83. The van der Waals surface area contributed by atoms with E-state index < -0.39 is 5.91 Å². The molecule has 86 valence electrons. The lowest BCUT2D eigenvalue weighted by Gasteiger charge is -2.05. The Morgan fingerprint density at radius 1 is 1.11 bits per heavy atom. The van der Waals surface area contributed by atoms with E-state index in [1.807, 2.05) is 36.3 Å². The monoisotopic (exact) mass is 233 g/mol. The molecule has 0 fully saturated rings. The molecule has 0 saturated carbocycles. The van der Waals surface area contributed by atoms with E-state index in [2.05, 4.69) is 17.4 Å². The number of fused-ring (bicyclic) bond motifs is 3. The number of rotatable bonds is 1. The first-order valence-corrected chi connectivity index (χ1v) is 5.77. The molecule has 18 heavy (non-hydrogen) atoms. The molecule has 0 unspecified atom stereocenters. The summed E-state index contributed by atoms with van der Waals surface area (Å²) in [6.07, 6.45) is 5.95. The van der Waals surface area contributed by atoms with Crippen molar-refractivity contribution >= 4 is 11.6 Å². The number of benzene rings is 2. The zero-order valence-corrected chi connectivity index (χ0v) is 9.73. The van der Waals surface area contributed by atoms with Gasteiger partial charge in [-0.15, -0.1) is 6.42 Å². The van der Waals surface area contributed by atoms with E-state index in [1.165, 1.54) is 22.3 Å². The molecule has 0 aromatic heterocycles. The highest BCUT2D eigenvalue weighted by Gasteiger charge is 2.17. The highest BCUT2D eigenvalue weighted by Crippen LogP contribution is 2.37. The summed E-state index contributed by atoms with van der Waals surface area (Å²) in [5, 5.41) is 2.67. The maximum Gasteiger partial charge on any atom is 0.300 e. The third-order valence-corrected chi connectivity index (χ3v) is 3.18. The van der Waals surface area contributed by atoms with Crippen LogP contribution in [0.3, 0.4) is 0 Å². The van der Waals surface area contributed by atoms with Crippen LogP contribution in [0, 0.1) is 12.3 Å². The smallest absolute Gasteiger partial charge is 0.300 e. The van der Waals surface area contributed by atoms with Crippen LogP contribution in [0.5, 0.6) is 0 Å². The van der Waals surface area contributed by atoms with Gasteiger partial charge >= 0.3 is 0 Å². The molecule has 0 heterocycles. The standard InChI is InChI=1S/C16H11NO/c1-2-16(18)17-13-7-8-15-12(10-13)9-11-5-3-4-6-14(11)15/h1,3-8,10H,9H2,(H,17,18). The molecule has 1 N–H and O–H groups in total. The number of anilines is 1. The molecule has 0 saturated heterocycles. The second kappa shape index (κ2) is 4.05. The average molecular weight is 233 g/mol. The molecular weight excluding hydrogens is 222 g/mol. The molecule has 1 amide bonds. The van der Waals surface area contributed by atoms with Crippen molar-refractivity contribution in [3.63, 3.8) is 0 Å². The van der Waals surface area contributed by atoms with Crippen molar-refractivity contribution in [3.05, 3.63) is 53.6 Å². The number of carbonyl (C=O) groups is 1. The lowest BCUT2D eigenvalue weighted by Crippen LogP contribution is -2.08. The van der Waals surface area contributed by atoms with Gasteiger partial charge < -0.3 is 5.32 Å². The molecule has 2 aromatic carbocycles. The van der Waals surface area contributed by atoms with Crippen molar-refractivity contribution < 1.29 is 4.79 Å². The number of nitrogens with one attached hydrogen (secondary N) is 1. The Bertz CT molecular complexity index is 680. The van der Waals surface area contributed by atoms with Crippen LogP contribution in [0.4, 0.5) is 5.69 Å². The molecule has 2 aromatic rings. The molecule has 0 radical (unpaired) electrons. The fourth-order valence-corrected chi connectivity index (χ4v) is 2.39. The van der Waals surface area contributed by atoms with Gasteiger partial charge in [0.25, 0.3) is 5.91 Å². The SMILES string of the molecule is C#CC(=O)Nc1ccc2c(c1)Cc1ccccc1-2. The highest BCUT2D eigenvalue weighted by atomic mass is 16.1. The van der Waals surface area contributed by atoms with Gasteiger partial charge in [0.2, 0.25) is 0 Å². The van der Waals surface area contributed by atoms with Gasteiger partial charge in [0.15, 0.2) is 0 Å². The zero-order chi connectivity index (χ0) is 12.5. The molecule has 1 aliphatic rings. The Balaban J connectivity index is 1.99. The second-order valence-corrected chi connectivity index (χ2v) is 4.30. The molecule has 0 atom stereocenters. The lowest BCUT2D eigenvalue weighted by atomic mass is 10.1. The molecule has 3 rings (SSSR count). The summed E-state index contributed by atoms with van der Waals surface area (Å²) in [5.74, 6) is 1.64. The van der Waals surface area contributed by atoms with Crippen LogP contribution >= 0.6 is 0 Å². The Hall–Kier alpha value is -2.53. The first-order chi connectivity index (χ1) is 8.78. The van der Waals surface area contributed by atoms with Crippen molar-refractivity contribution in [2.24, 2.45) is 0 Å². The summed E-state index contributed by atoms with van der Waals surface area (Å²) in [6, 6.07) is 14.3. The molecule has 0 spiro atoms. The van der Waals surface area contributed by atoms with Crippen molar-refractivity contribution in [2.45, 2.75) is 6.42 Å². The van der Waals surface area contributed by atoms with Gasteiger partial charge in [0.1, 0.15) is 0 Å². The lowest BCUT2D eigenvalue weighted by molar-refractivity contribution is -0.111. The van der Waals surface area contributed by atoms with E-state index in [4.69, 9.17) is 6.42 Å². The van der Waals surface area contributed by atoms with Crippen molar-refractivity contribution in [1.29, 1.82) is 0 Å². The van der Waals surface area contributed by atoms with Crippen LogP contribution in [0.15, 0.2) is 42.5 Å². The van der Waals surface area contributed by atoms with E-state index in [-0.39, 0.29) is 0 Å². The van der Waals surface area contributed by atoms with Gasteiger partial charge in [0.05, 0.1) is 0 Å². The van der Waals surface area contributed by atoms with E-state index in [0.29, 0.717) is 0 Å². The van der Waals surface area contributed by atoms with Crippen LogP contribution in [0.1, 0.15) is 11.1 Å². The Labute approximate surface area is 106 Å². The van der Waals surface area contributed by atoms with Crippen molar-refractivity contribution in [3.8, 4) is 23.5 Å². The van der Waals surface area contributed by atoms with Gasteiger partial charge in [0, 0.05) is 5.69 Å². The number of hydrogen-bond donors (Lipinski definition) is 1. The van der Waals surface area contributed by atoms with Gasteiger partial charge in [-0.25, -0.2) is 0 Å². The average Bonchev–Trinajstić information content (AvgIpc) is 2.76. The predicted molar refractivity (Wildman–Crippen MR) is 72.1 cm³/mol.